The SMILES string of the molecule is CCNC(C)CC(=O)Nc1cc(C)c(C)cc1[N+](=O)[O-]. The lowest BCUT2D eigenvalue weighted by Gasteiger charge is -2.13. The lowest BCUT2D eigenvalue weighted by Crippen LogP contribution is -2.30. The van der Waals surface area contributed by atoms with Crippen LogP contribution in [-0.2, 0) is 4.79 Å². The molecule has 1 unspecified atom stereocenters. The number of carbonyl (C=O) groups excluding carboxylic acids is 1. The maximum absolute atomic E-state index is 11.9. The van der Waals surface area contributed by atoms with Crippen LogP contribution >= 0.6 is 0 Å². The number of anilines is 1. The molecule has 0 bridgehead atoms. The maximum Gasteiger partial charge on any atom is 0.293 e. The highest BCUT2D eigenvalue weighted by atomic mass is 16.6. The summed E-state index contributed by atoms with van der Waals surface area (Å²) < 4.78 is 0. The zero-order valence-electron chi connectivity index (χ0n) is 12.3. The second-order valence-corrected chi connectivity index (χ2v) is 4.92. The largest absolute Gasteiger partial charge is 0.320 e. The van der Waals surface area contributed by atoms with E-state index in [1.54, 1.807) is 13.0 Å². The fraction of sp³-hybridized carbons (Fsp3) is 0.500. The first-order chi connectivity index (χ1) is 9.35. The van der Waals surface area contributed by atoms with Crippen LogP contribution in [0, 0.1) is 24.0 Å². The van der Waals surface area contributed by atoms with Gasteiger partial charge in [0.1, 0.15) is 5.69 Å². The van der Waals surface area contributed by atoms with Crippen molar-refractivity contribution < 1.29 is 9.72 Å². The Morgan fingerprint density at radius 2 is 1.95 bits per heavy atom. The predicted octanol–water partition coefficient (Wildman–Crippen LogP) is 2.54. The molecule has 0 fully saturated rings. The maximum atomic E-state index is 11.9. The molecule has 0 radical (unpaired) electrons. The van der Waals surface area contributed by atoms with E-state index in [0.717, 1.165) is 17.7 Å². The van der Waals surface area contributed by atoms with Gasteiger partial charge in [-0.1, -0.05) is 6.92 Å². The van der Waals surface area contributed by atoms with Gasteiger partial charge in [-0.15, -0.1) is 0 Å². The van der Waals surface area contributed by atoms with E-state index in [-0.39, 0.29) is 29.7 Å². The molecule has 6 nitrogen and oxygen atoms in total. The Bertz CT molecular complexity index is 515. The quantitative estimate of drug-likeness (QED) is 0.619. The average molecular weight is 279 g/mol. The van der Waals surface area contributed by atoms with Gasteiger partial charge >= 0.3 is 0 Å². The van der Waals surface area contributed by atoms with Gasteiger partial charge in [0, 0.05) is 18.5 Å². The van der Waals surface area contributed by atoms with Crippen LogP contribution in [0.2, 0.25) is 0 Å². The number of aryl methyl sites for hydroxylation is 2. The van der Waals surface area contributed by atoms with Crippen molar-refractivity contribution in [3.05, 3.63) is 33.4 Å². The third kappa shape index (κ3) is 4.31. The normalized spacial score (nSPS) is 12.0. The molecule has 6 heteroatoms. The summed E-state index contributed by atoms with van der Waals surface area (Å²) in [6.07, 6.45) is 0.276. The fourth-order valence-electron chi connectivity index (χ4n) is 1.95. The third-order valence-electron chi connectivity index (χ3n) is 3.13. The van der Waals surface area contributed by atoms with E-state index in [4.69, 9.17) is 0 Å². The van der Waals surface area contributed by atoms with E-state index in [2.05, 4.69) is 10.6 Å². The molecule has 1 aromatic carbocycles. The van der Waals surface area contributed by atoms with E-state index in [1.807, 2.05) is 20.8 Å². The highest BCUT2D eigenvalue weighted by molar-refractivity contribution is 5.93. The van der Waals surface area contributed by atoms with Crippen molar-refractivity contribution in [2.24, 2.45) is 0 Å². The Balaban J connectivity index is 2.88. The number of nitrogens with zero attached hydrogens (tertiary/aromatic N) is 1. The van der Waals surface area contributed by atoms with Crippen molar-refractivity contribution >= 4 is 17.3 Å². The molecule has 0 aliphatic carbocycles. The number of carbonyl (C=O) groups is 1. The van der Waals surface area contributed by atoms with Gasteiger partial charge in [0.25, 0.3) is 5.69 Å². The van der Waals surface area contributed by atoms with E-state index in [0.29, 0.717) is 0 Å². The Hall–Kier alpha value is -1.95. The van der Waals surface area contributed by atoms with Crippen molar-refractivity contribution in [3.63, 3.8) is 0 Å². The smallest absolute Gasteiger partial charge is 0.293 e. The van der Waals surface area contributed by atoms with Crippen LogP contribution in [0.25, 0.3) is 0 Å². The molecule has 0 aliphatic rings. The van der Waals surface area contributed by atoms with E-state index < -0.39 is 4.92 Å². The topological polar surface area (TPSA) is 84.3 Å². The van der Waals surface area contributed by atoms with E-state index in [1.165, 1.54) is 6.07 Å². The fourth-order valence-corrected chi connectivity index (χ4v) is 1.95. The molecule has 2 N–H and O–H groups in total. The molecule has 1 aromatic rings. The Morgan fingerprint density at radius 1 is 1.35 bits per heavy atom. The number of rotatable bonds is 6. The highest BCUT2D eigenvalue weighted by Crippen LogP contribution is 2.28. The van der Waals surface area contributed by atoms with Crippen molar-refractivity contribution in [2.45, 2.75) is 40.2 Å². The van der Waals surface area contributed by atoms with Crippen molar-refractivity contribution in [3.8, 4) is 0 Å². The van der Waals surface area contributed by atoms with Crippen LogP contribution in [0.4, 0.5) is 11.4 Å². The molecule has 0 aromatic heterocycles. The number of benzene rings is 1. The molecule has 0 saturated heterocycles. The van der Waals surface area contributed by atoms with Gasteiger partial charge in [-0.05, 0) is 44.5 Å². The van der Waals surface area contributed by atoms with Gasteiger partial charge in [0.05, 0.1) is 4.92 Å². The van der Waals surface area contributed by atoms with Crippen molar-refractivity contribution in [1.82, 2.24) is 5.32 Å². The van der Waals surface area contributed by atoms with Gasteiger partial charge in [-0.25, -0.2) is 0 Å². The summed E-state index contributed by atoms with van der Waals surface area (Å²) in [5, 5.41) is 16.8. The number of nitrogens with one attached hydrogen (secondary N) is 2. The first-order valence-corrected chi connectivity index (χ1v) is 6.64. The van der Waals surface area contributed by atoms with Gasteiger partial charge in [0.2, 0.25) is 5.91 Å². The summed E-state index contributed by atoms with van der Waals surface area (Å²) in [5.74, 6) is -0.232. The Labute approximate surface area is 118 Å². The zero-order valence-corrected chi connectivity index (χ0v) is 12.3. The van der Waals surface area contributed by atoms with Gasteiger partial charge in [0.15, 0.2) is 0 Å². The molecular formula is C14H21N3O3. The average Bonchev–Trinajstić information content (AvgIpc) is 2.33. The number of nitro benzene ring substituents is 1. The zero-order chi connectivity index (χ0) is 15.3. The number of nitro groups is 1. The standard InChI is InChI=1S/C14H21N3O3/c1-5-15-11(4)8-14(18)16-12-6-9(2)10(3)7-13(12)17(19)20/h6-7,11,15H,5,8H2,1-4H3,(H,16,18). The highest BCUT2D eigenvalue weighted by Gasteiger charge is 2.18. The second kappa shape index (κ2) is 7.00. The van der Waals surface area contributed by atoms with Crippen LogP contribution in [0.1, 0.15) is 31.4 Å². The number of hydrogen-bond acceptors (Lipinski definition) is 4. The summed E-state index contributed by atoms with van der Waals surface area (Å²) in [6.45, 7) is 8.30. The lowest BCUT2D eigenvalue weighted by atomic mass is 10.1. The molecule has 0 aliphatic heterocycles. The number of amides is 1. The predicted molar refractivity (Wildman–Crippen MR) is 79.0 cm³/mol. The van der Waals surface area contributed by atoms with Gasteiger partial charge in [-0.3, -0.25) is 14.9 Å². The molecule has 1 atom stereocenters. The summed E-state index contributed by atoms with van der Waals surface area (Å²) in [6, 6.07) is 3.16. The molecule has 20 heavy (non-hydrogen) atoms. The second-order valence-electron chi connectivity index (χ2n) is 4.92. The molecule has 1 amide bonds. The van der Waals surface area contributed by atoms with Crippen LogP contribution in [0.5, 0.6) is 0 Å². The minimum Gasteiger partial charge on any atom is -0.320 e. The summed E-state index contributed by atoms with van der Waals surface area (Å²) in [5.41, 5.74) is 1.92. The minimum atomic E-state index is -0.476. The van der Waals surface area contributed by atoms with Crippen molar-refractivity contribution in [1.29, 1.82) is 0 Å². The molecule has 0 heterocycles. The monoisotopic (exact) mass is 279 g/mol. The van der Waals surface area contributed by atoms with E-state index in [9.17, 15) is 14.9 Å². The Kier molecular flexibility index (Phi) is 5.64. The number of hydrogen-bond donors (Lipinski definition) is 2. The third-order valence-corrected chi connectivity index (χ3v) is 3.13. The molecule has 110 valence electrons. The first kappa shape index (κ1) is 16.1. The van der Waals surface area contributed by atoms with Crippen molar-refractivity contribution in [2.75, 3.05) is 11.9 Å². The minimum absolute atomic E-state index is 0.0330. The van der Waals surface area contributed by atoms with Gasteiger partial charge in [-0.2, -0.15) is 0 Å². The van der Waals surface area contributed by atoms with Crippen LogP contribution in [0.3, 0.4) is 0 Å². The first-order valence-electron chi connectivity index (χ1n) is 6.64. The summed E-state index contributed by atoms with van der Waals surface area (Å²) in [4.78, 5) is 22.5. The Morgan fingerprint density at radius 3 is 2.50 bits per heavy atom. The summed E-state index contributed by atoms with van der Waals surface area (Å²) >= 11 is 0. The molecule has 0 spiro atoms. The molecular weight excluding hydrogens is 258 g/mol. The van der Waals surface area contributed by atoms with Crippen LogP contribution in [-0.4, -0.2) is 23.4 Å². The summed E-state index contributed by atoms with van der Waals surface area (Å²) in [7, 11) is 0. The lowest BCUT2D eigenvalue weighted by molar-refractivity contribution is -0.384. The molecule has 1 rings (SSSR count). The van der Waals surface area contributed by atoms with Crippen LogP contribution in [0.15, 0.2) is 12.1 Å². The molecule has 0 saturated carbocycles. The van der Waals surface area contributed by atoms with E-state index >= 15 is 0 Å². The van der Waals surface area contributed by atoms with Gasteiger partial charge < -0.3 is 10.6 Å². The van der Waals surface area contributed by atoms with Crippen LogP contribution < -0.4 is 10.6 Å².